The Morgan fingerprint density at radius 3 is 1.07 bits per heavy atom. The topological polar surface area (TPSA) is 19.7 Å². The number of nitrogens with one attached hydrogen (secondary N) is 1. The molecule has 0 spiro atoms. The lowest BCUT2D eigenvalue weighted by Gasteiger charge is -2.17. The van der Waals surface area contributed by atoms with Crippen molar-refractivity contribution in [2.75, 3.05) is 0 Å². The number of rotatable bonds is 35. The molecule has 0 aromatic carbocycles. The Bertz CT molecular complexity index is 651. The Labute approximate surface area is 278 Å². The molecule has 0 fully saturated rings. The average molecular weight is 616 g/mol. The molecule has 2 nitrogen and oxygen atoms in total. The van der Waals surface area contributed by atoms with Crippen LogP contribution in [0.15, 0.2) is 12.4 Å². The highest BCUT2D eigenvalue weighted by atomic mass is 15.1. The van der Waals surface area contributed by atoms with Crippen LogP contribution in [0.2, 0.25) is 0 Å². The molecule has 0 saturated carbocycles. The van der Waals surface area contributed by atoms with Gasteiger partial charge in [0.15, 0.2) is 0 Å². The second kappa shape index (κ2) is 32.2. The SMILES string of the molecule is CCCCCCCCCCCCCCC(CCCCCCCCCCCCCC)c1[nH]cc[n+]1C(C)CCCCCCCC. The van der Waals surface area contributed by atoms with Gasteiger partial charge in [-0.3, -0.25) is 0 Å². The van der Waals surface area contributed by atoms with Gasteiger partial charge in [-0.15, -0.1) is 0 Å². The van der Waals surface area contributed by atoms with E-state index in [9.17, 15) is 0 Å². The quantitative estimate of drug-likeness (QED) is 0.0579. The minimum absolute atomic E-state index is 0.619. The van der Waals surface area contributed by atoms with Crippen LogP contribution in [-0.4, -0.2) is 4.98 Å². The maximum atomic E-state index is 3.75. The number of H-pyrrole nitrogens is 1. The van der Waals surface area contributed by atoms with E-state index in [-0.39, 0.29) is 0 Å². The van der Waals surface area contributed by atoms with Gasteiger partial charge in [-0.2, -0.15) is 0 Å². The number of hydrogen-bond donors (Lipinski definition) is 1. The van der Waals surface area contributed by atoms with E-state index in [2.05, 4.69) is 49.6 Å². The molecule has 0 aliphatic carbocycles. The van der Waals surface area contributed by atoms with Gasteiger partial charge in [-0.05, 0) is 32.6 Å². The molecule has 1 aromatic heterocycles. The van der Waals surface area contributed by atoms with Crippen molar-refractivity contribution in [3.05, 3.63) is 18.2 Å². The molecule has 0 radical (unpaired) electrons. The Kier molecular flexibility index (Phi) is 30.1. The summed E-state index contributed by atoms with van der Waals surface area (Å²) in [6.07, 6.45) is 51.7. The molecule has 1 heterocycles. The monoisotopic (exact) mass is 616 g/mol. The normalized spacial score (nSPS) is 12.5. The summed E-state index contributed by atoms with van der Waals surface area (Å²) in [4.78, 5) is 3.75. The first kappa shape index (κ1) is 41.2. The molecule has 0 aliphatic rings. The second-order valence-electron chi connectivity index (χ2n) is 14.7. The zero-order valence-electron chi connectivity index (χ0n) is 31.1. The van der Waals surface area contributed by atoms with E-state index in [0.717, 1.165) is 0 Å². The van der Waals surface area contributed by atoms with E-state index in [1.165, 1.54) is 218 Å². The van der Waals surface area contributed by atoms with Crippen LogP contribution >= 0.6 is 0 Å². The second-order valence-corrected chi connectivity index (χ2v) is 14.7. The lowest BCUT2D eigenvalue weighted by Crippen LogP contribution is -2.41. The first-order valence-electron chi connectivity index (χ1n) is 20.8. The molecule has 1 unspecified atom stereocenters. The lowest BCUT2D eigenvalue weighted by atomic mass is 9.92. The molecule has 44 heavy (non-hydrogen) atoms. The molecular formula is C42H83N2+. The van der Waals surface area contributed by atoms with Crippen molar-refractivity contribution in [3.8, 4) is 0 Å². The van der Waals surface area contributed by atoms with Gasteiger partial charge in [-0.25, -0.2) is 9.55 Å². The number of unbranched alkanes of at least 4 members (excludes halogenated alkanes) is 27. The minimum atomic E-state index is 0.619. The van der Waals surface area contributed by atoms with Crippen molar-refractivity contribution < 1.29 is 4.57 Å². The van der Waals surface area contributed by atoms with Gasteiger partial charge in [0.1, 0.15) is 12.4 Å². The zero-order valence-corrected chi connectivity index (χ0v) is 31.1. The van der Waals surface area contributed by atoms with E-state index in [4.69, 9.17) is 0 Å². The molecule has 1 atom stereocenters. The third-order valence-electron chi connectivity index (χ3n) is 10.4. The van der Waals surface area contributed by atoms with Crippen LogP contribution in [0.25, 0.3) is 0 Å². The number of nitrogens with zero attached hydrogens (tertiary/aromatic N) is 1. The maximum Gasteiger partial charge on any atom is 0.257 e. The summed E-state index contributed by atoms with van der Waals surface area (Å²) < 4.78 is 2.64. The van der Waals surface area contributed by atoms with Crippen LogP contribution in [0.4, 0.5) is 0 Å². The van der Waals surface area contributed by atoms with Crippen LogP contribution in [0.1, 0.15) is 257 Å². The molecule has 1 N–H and O–H groups in total. The molecule has 1 aromatic rings. The summed E-state index contributed by atoms with van der Waals surface area (Å²) in [5.41, 5.74) is 0. The molecule has 0 aliphatic heterocycles. The molecule has 260 valence electrons. The van der Waals surface area contributed by atoms with E-state index >= 15 is 0 Å². The fourth-order valence-electron chi connectivity index (χ4n) is 7.31. The van der Waals surface area contributed by atoms with E-state index in [1.807, 2.05) is 0 Å². The number of aromatic nitrogens is 2. The number of imidazole rings is 1. The van der Waals surface area contributed by atoms with Gasteiger partial charge in [0.05, 0.1) is 12.0 Å². The van der Waals surface area contributed by atoms with Crippen LogP contribution in [0.5, 0.6) is 0 Å². The van der Waals surface area contributed by atoms with Crippen LogP contribution in [0, 0.1) is 0 Å². The summed E-state index contributed by atoms with van der Waals surface area (Å²) in [6, 6.07) is 0.619. The standard InChI is InChI=1S/C42H82N2/c1-5-8-11-14-17-19-21-23-25-27-30-33-36-41(37-34-31-28-26-24-22-20-18-15-12-9-6-2)42-43-38-39-44(42)40(4)35-32-29-16-13-10-7-3/h38-41H,5-37H2,1-4H3/p+1. The molecule has 0 amide bonds. The van der Waals surface area contributed by atoms with Crippen molar-refractivity contribution in [2.24, 2.45) is 0 Å². The van der Waals surface area contributed by atoms with Crippen molar-refractivity contribution in [1.82, 2.24) is 4.98 Å². The van der Waals surface area contributed by atoms with Gasteiger partial charge in [0.25, 0.3) is 5.82 Å². The predicted octanol–water partition coefficient (Wildman–Crippen LogP) is 14.9. The minimum Gasteiger partial charge on any atom is -0.247 e. The Morgan fingerprint density at radius 2 is 0.727 bits per heavy atom. The first-order chi connectivity index (χ1) is 21.7. The largest absolute Gasteiger partial charge is 0.257 e. The third kappa shape index (κ3) is 23.5. The van der Waals surface area contributed by atoms with Crippen LogP contribution in [-0.2, 0) is 0 Å². The van der Waals surface area contributed by atoms with Gasteiger partial charge in [0, 0.05) is 0 Å². The van der Waals surface area contributed by atoms with Gasteiger partial charge < -0.3 is 0 Å². The van der Waals surface area contributed by atoms with Crippen molar-refractivity contribution in [3.63, 3.8) is 0 Å². The summed E-state index contributed by atoms with van der Waals surface area (Å²) >= 11 is 0. The maximum absolute atomic E-state index is 3.75. The number of aromatic amines is 1. The fraction of sp³-hybridized carbons (Fsp3) is 0.929. The van der Waals surface area contributed by atoms with Gasteiger partial charge in [0.2, 0.25) is 0 Å². The highest BCUT2D eigenvalue weighted by Gasteiger charge is 2.25. The average Bonchev–Trinajstić information content (AvgIpc) is 3.53. The van der Waals surface area contributed by atoms with Gasteiger partial charge in [-0.1, -0.05) is 207 Å². The predicted molar refractivity (Wildman–Crippen MR) is 198 cm³/mol. The summed E-state index contributed by atoms with van der Waals surface area (Å²) in [7, 11) is 0. The zero-order chi connectivity index (χ0) is 31.8. The smallest absolute Gasteiger partial charge is 0.247 e. The highest BCUT2D eigenvalue weighted by Crippen LogP contribution is 2.27. The Hall–Kier alpha value is -0.790. The summed E-state index contributed by atoms with van der Waals surface area (Å²) in [5, 5.41) is 0. The summed E-state index contributed by atoms with van der Waals surface area (Å²) in [5.74, 6) is 2.25. The number of hydrogen-bond acceptors (Lipinski definition) is 0. The van der Waals surface area contributed by atoms with Crippen molar-refractivity contribution in [2.45, 2.75) is 252 Å². The first-order valence-corrected chi connectivity index (χ1v) is 20.8. The fourth-order valence-corrected chi connectivity index (χ4v) is 7.31. The van der Waals surface area contributed by atoms with Crippen molar-refractivity contribution >= 4 is 0 Å². The summed E-state index contributed by atoms with van der Waals surface area (Å²) in [6.45, 7) is 9.41. The van der Waals surface area contributed by atoms with E-state index in [0.29, 0.717) is 12.0 Å². The molecule has 1 rings (SSSR count). The Balaban J connectivity index is 2.40. The molecule has 2 heteroatoms. The van der Waals surface area contributed by atoms with Crippen LogP contribution in [0.3, 0.4) is 0 Å². The van der Waals surface area contributed by atoms with Gasteiger partial charge >= 0.3 is 0 Å². The van der Waals surface area contributed by atoms with Crippen LogP contribution < -0.4 is 4.57 Å². The lowest BCUT2D eigenvalue weighted by molar-refractivity contribution is -0.727. The Morgan fingerprint density at radius 1 is 0.432 bits per heavy atom. The van der Waals surface area contributed by atoms with E-state index < -0.39 is 0 Å². The molecule has 0 bridgehead atoms. The van der Waals surface area contributed by atoms with E-state index in [1.54, 1.807) is 0 Å². The molecular weight excluding hydrogens is 532 g/mol. The third-order valence-corrected chi connectivity index (χ3v) is 10.4. The highest BCUT2D eigenvalue weighted by molar-refractivity contribution is 4.90. The van der Waals surface area contributed by atoms with Crippen molar-refractivity contribution in [1.29, 1.82) is 0 Å². The molecule has 0 saturated heterocycles.